The number of ether oxygens (including phenoxy) is 1. The molecule has 8 heteroatoms. The molecule has 1 unspecified atom stereocenters. The van der Waals surface area contributed by atoms with Gasteiger partial charge < -0.3 is 4.74 Å². The molecule has 0 amide bonds. The van der Waals surface area contributed by atoms with E-state index >= 15 is 0 Å². The van der Waals surface area contributed by atoms with E-state index in [2.05, 4.69) is 0 Å². The summed E-state index contributed by atoms with van der Waals surface area (Å²) in [5.41, 5.74) is -0.265. The average molecular weight is 308 g/mol. The number of halogens is 1. The van der Waals surface area contributed by atoms with E-state index in [1.54, 1.807) is 6.92 Å². The van der Waals surface area contributed by atoms with Crippen LogP contribution in [0.2, 0.25) is 0 Å². The van der Waals surface area contributed by atoms with Gasteiger partial charge in [-0.05, 0) is 19.9 Å². The van der Waals surface area contributed by atoms with Crippen molar-refractivity contribution in [3.8, 4) is 5.75 Å². The molecule has 106 valence electrons. The highest BCUT2D eigenvalue weighted by molar-refractivity contribution is 7.92. The zero-order valence-electron chi connectivity index (χ0n) is 10.5. The molecule has 0 saturated carbocycles. The normalized spacial score (nSPS) is 13.0. The van der Waals surface area contributed by atoms with Crippen LogP contribution in [0.3, 0.4) is 0 Å². The fourth-order valence-corrected chi connectivity index (χ4v) is 3.07. The van der Waals surface area contributed by atoms with Crippen LogP contribution in [0.4, 0.5) is 5.69 Å². The fourth-order valence-electron chi connectivity index (χ4n) is 1.41. The molecule has 19 heavy (non-hydrogen) atoms. The first-order valence-corrected chi connectivity index (χ1v) is 7.63. The van der Waals surface area contributed by atoms with Gasteiger partial charge in [0.2, 0.25) is 0 Å². The number of nitro benzene ring substituents is 1. The van der Waals surface area contributed by atoms with Crippen molar-refractivity contribution >= 4 is 27.1 Å². The van der Waals surface area contributed by atoms with Crippen molar-refractivity contribution in [1.82, 2.24) is 0 Å². The highest BCUT2D eigenvalue weighted by Gasteiger charge is 2.25. The highest BCUT2D eigenvalue weighted by Crippen LogP contribution is 2.31. The van der Waals surface area contributed by atoms with Crippen LogP contribution in [0.25, 0.3) is 0 Å². The monoisotopic (exact) mass is 307 g/mol. The fraction of sp³-hybridized carbons (Fsp3) is 0.455. The molecule has 6 nitrogen and oxygen atoms in total. The summed E-state index contributed by atoms with van der Waals surface area (Å²) in [6.45, 7) is 3.34. The van der Waals surface area contributed by atoms with Crippen molar-refractivity contribution in [1.29, 1.82) is 0 Å². The minimum absolute atomic E-state index is 0.0327. The lowest BCUT2D eigenvalue weighted by Crippen LogP contribution is -2.19. The van der Waals surface area contributed by atoms with Gasteiger partial charge in [0.05, 0.1) is 21.7 Å². The van der Waals surface area contributed by atoms with Crippen molar-refractivity contribution < 1.29 is 18.1 Å². The predicted molar refractivity (Wildman–Crippen MR) is 71.6 cm³/mol. The van der Waals surface area contributed by atoms with Crippen LogP contribution in [0.5, 0.6) is 5.75 Å². The van der Waals surface area contributed by atoms with Gasteiger partial charge in [0, 0.05) is 18.0 Å². The van der Waals surface area contributed by atoms with Crippen LogP contribution in [0.1, 0.15) is 13.8 Å². The molecule has 0 spiro atoms. The van der Waals surface area contributed by atoms with Crippen LogP contribution < -0.4 is 4.74 Å². The van der Waals surface area contributed by atoms with Crippen molar-refractivity contribution in [3.05, 3.63) is 28.3 Å². The third-order valence-corrected chi connectivity index (χ3v) is 5.29. The molecule has 1 atom stereocenters. The Hall–Kier alpha value is -1.34. The molecule has 0 bridgehead atoms. The Morgan fingerprint density at radius 2 is 2.11 bits per heavy atom. The second kappa shape index (κ2) is 6.21. The quantitative estimate of drug-likeness (QED) is 0.457. The van der Waals surface area contributed by atoms with Gasteiger partial charge >= 0.3 is 5.69 Å². The Morgan fingerprint density at radius 1 is 1.47 bits per heavy atom. The Bertz CT molecular complexity index is 572. The molecular weight excluding hydrogens is 294 g/mol. The van der Waals surface area contributed by atoms with Crippen LogP contribution in [0, 0.1) is 10.1 Å². The van der Waals surface area contributed by atoms with Crippen molar-refractivity contribution in [2.45, 2.75) is 24.0 Å². The van der Waals surface area contributed by atoms with Crippen molar-refractivity contribution in [2.75, 3.05) is 12.5 Å². The summed E-state index contributed by atoms with van der Waals surface area (Å²) < 4.78 is 29.3. The van der Waals surface area contributed by atoms with Gasteiger partial charge in [0.1, 0.15) is 0 Å². The topological polar surface area (TPSA) is 86.5 Å². The van der Waals surface area contributed by atoms with Gasteiger partial charge in [-0.25, -0.2) is 8.42 Å². The van der Waals surface area contributed by atoms with E-state index in [1.807, 2.05) is 0 Å². The molecule has 0 heterocycles. The van der Waals surface area contributed by atoms with Gasteiger partial charge in [-0.15, -0.1) is 11.6 Å². The second-order valence-electron chi connectivity index (χ2n) is 3.83. The summed E-state index contributed by atoms with van der Waals surface area (Å²) in [5.74, 6) is -0.112. The Labute approximate surface area is 116 Å². The van der Waals surface area contributed by atoms with E-state index < -0.39 is 20.0 Å². The lowest BCUT2D eigenvalue weighted by molar-refractivity contribution is -0.385. The van der Waals surface area contributed by atoms with E-state index in [1.165, 1.54) is 19.1 Å². The zero-order valence-corrected chi connectivity index (χ0v) is 12.1. The van der Waals surface area contributed by atoms with Crippen LogP contribution >= 0.6 is 11.6 Å². The lowest BCUT2D eigenvalue weighted by Gasteiger charge is -2.11. The molecule has 1 rings (SSSR count). The summed E-state index contributed by atoms with van der Waals surface area (Å²) in [7, 11) is -3.61. The van der Waals surface area contributed by atoms with Crippen LogP contribution in [0.15, 0.2) is 23.1 Å². The molecule has 0 saturated heterocycles. The predicted octanol–water partition coefficient (Wildman–Crippen LogP) is 2.39. The van der Waals surface area contributed by atoms with E-state index in [0.29, 0.717) is 0 Å². The van der Waals surface area contributed by atoms with E-state index in [0.717, 1.165) is 6.07 Å². The SMILES string of the molecule is CCOc1cc(S(=O)(=O)C(C)CCl)ccc1[N+](=O)[O-]. The molecule has 0 radical (unpaired) electrons. The number of nitrogens with zero attached hydrogens (tertiary/aromatic N) is 1. The summed E-state index contributed by atoms with van der Waals surface area (Å²) >= 11 is 5.55. The molecule has 0 N–H and O–H groups in total. The summed E-state index contributed by atoms with van der Waals surface area (Å²) in [4.78, 5) is 10.2. The van der Waals surface area contributed by atoms with Gasteiger partial charge in [-0.3, -0.25) is 10.1 Å². The summed E-state index contributed by atoms with van der Waals surface area (Å²) in [6.07, 6.45) is 0. The van der Waals surface area contributed by atoms with Gasteiger partial charge in [-0.2, -0.15) is 0 Å². The maximum atomic E-state index is 12.1. The lowest BCUT2D eigenvalue weighted by atomic mass is 10.3. The van der Waals surface area contributed by atoms with Gasteiger partial charge in [-0.1, -0.05) is 0 Å². The van der Waals surface area contributed by atoms with Crippen molar-refractivity contribution in [2.24, 2.45) is 0 Å². The Balaban J connectivity index is 3.33. The smallest absolute Gasteiger partial charge is 0.311 e. The first-order chi connectivity index (χ1) is 8.84. The van der Waals surface area contributed by atoms with Crippen molar-refractivity contribution in [3.63, 3.8) is 0 Å². The van der Waals surface area contributed by atoms with E-state index in [-0.39, 0.29) is 28.8 Å². The number of hydrogen-bond acceptors (Lipinski definition) is 5. The molecule has 1 aromatic carbocycles. The van der Waals surface area contributed by atoms with Crippen LogP contribution in [-0.2, 0) is 9.84 Å². The largest absolute Gasteiger partial charge is 0.487 e. The molecule has 0 aliphatic carbocycles. The Morgan fingerprint density at radius 3 is 2.58 bits per heavy atom. The highest BCUT2D eigenvalue weighted by atomic mass is 35.5. The second-order valence-corrected chi connectivity index (χ2v) is 6.50. The molecule has 0 aliphatic rings. The third-order valence-electron chi connectivity index (χ3n) is 2.50. The van der Waals surface area contributed by atoms with E-state index in [4.69, 9.17) is 16.3 Å². The maximum absolute atomic E-state index is 12.1. The number of sulfone groups is 1. The first-order valence-electron chi connectivity index (χ1n) is 5.55. The molecule has 0 aliphatic heterocycles. The third kappa shape index (κ3) is 3.36. The van der Waals surface area contributed by atoms with Crippen LogP contribution in [-0.4, -0.2) is 31.1 Å². The molecule has 0 fully saturated rings. The Kier molecular flexibility index (Phi) is 5.13. The molecule has 1 aromatic rings. The minimum atomic E-state index is -3.61. The number of benzene rings is 1. The van der Waals surface area contributed by atoms with Gasteiger partial charge in [0.25, 0.3) is 0 Å². The number of rotatable bonds is 6. The first kappa shape index (κ1) is 15.7. The summed E-state index contributed by atoms with van der Waals surface area (Å²) in [6, 6.07) is 3.48. The van der Waals surface area contributed by atoms with Gasteiger partial charge in [0.15, 0.2) is 15.6 Å². The standard InChI is InChI=1S/C11H14ClNO5S/c1-3-18-11-6-9(4-5-10(11)13(14)15)19(16,17)8(2)7-12/h4-6,8H,3,7H2,1-2H3. The number of nitro groups is 1. The maximum Gasteiger partial charge on any atom is 0.311 e. The number of hydrogen-bond donors (Lipinski definition) is 0. The molecular formula is C11H14ClNO5S. The van der Waals surface area contributed by atoms with E-state index in [9.17, 15) is 18.5 Å². The summed E-state index contributed by atoms with van der Waals surface area (Å²) in [5, 5.41) is 10.0. The molecule has 0 aromatic heterocycles. The number of alkyl halides is 1. The zero-order chi connectivity index (χ0) is 14.6. The minimum Gasteiger partial charge on any atom is -0.487 e. The average Bonchev–Trinajstić information content (AvgIpc) is 2.37.